The Labute approximate surface area is 200 Å². The highest BCUT2D eigenvalue weighted by Gasteiger charge is 2.36. The predicted molar refractivity (Wildman–Crippen MR) is 128 cm³/mol. The molecule has 0 radical (unpaired) electrons. The SMILES string of the molecule is CCc1ccc(N2C(=O)NC(=O)/C(=C/c3cc(I)c(OCC#N)c(I)c3)C2=O)cc1. The van der Waals surface area contributed by atoms with E-state index in [2.05, 4.69) is 50.5 Å². The molecule has 2 aromatic rings. The Balaban J connectivity index is 1.97. The molecule has 1 N–H and O–H groups in total. The highest BCUT2D eigenvalue weighted by molar-refractivity contribution is 14.1. The van der Waals surface area contributed by atoms with Crippen molar-refractivity contribution in [1.82, 2.24) is 5.32 Å². The summed E-state index contributed by atoms with van der Waals surface area (Å²) in [6.45, 7) is 1.92. The zero-order chi connectivity index (χ0) is 21.8. The van der Waals surface area contributed by atoms with Gasteiger partial charge in [0.1, 0.15) is 17.4 Å². The topological polar surface area (TPSA) is 99.5 Å². The maximum Gasteiger partial charge on any atom is 0.335 e. The summed E-state index contributed by atoms with van der Waals surface area (Å²) in [4.78, 5) is 38.6. The van der Waals surface area contributed by atoms with Gasteiger partial charge >= 0.3 is 6.03 Å². The van der Waals surface area contributed by atoms with E-state index in [1.54, 1.807) is 24.3 Å². The van der Waals surface area contributed by atoms with Crippen LogP contribution in [0.1, 0.15) is 18.1 Å². The Morgan fingerprint density at radius 2 is 1.77 bits per heavy atom. The second-order valence-electron chi connectivity index (χ2n) is 6.24. The van der Waals surface area contributed by atoms with Crippen molar-refractivity contribution in [3.63, 3.8) is 0 Å². The van der Waals surface area contributed by atoms with Crippen LogP contribution in [-0.2, 0) is 16.0 Å². The Hall–Kier alpha value is -2.46. The van der Waals surface area contributed by atoms with E-state index in [1.165, 1.54) is 6.08 Å². The number of ether oxygens (including phenoxy) is 1. The summed E-state index contributed by atoms with van der Waals surface area (Å²) >= 11 is 4.12. The van der Waals surface area contributed by atoms with Gasteiger partial charge in [0.25, 0.3) is 11.8 Å². The third-order valence-electron chi connectivity index (χ3n) is 4.32. The third-order valence-corrected chi connectivity index (χ3v) is 5.92. The van der Waals surface area contributed by atoms with E-state index in [0.717, 1.165) is 24.0 Å². The zero-order valence-electron chi connectivity index (χ0n) is 15.7. The first-order valence-electron chi connectivity index (χ1n) is 8.85. The zero-order valence-corrected chi connectivity index (χ0v) is 20.1. The highest BCUT2D eigenvalue weighted by Crippen LogP contribution is 2.30. The lowest BCUT2D eigenvalue weighted by atomic mass is 10.1. The molecular weight excluding hydrogens is 612 g/mol. The molecule has 0 saturated carbocycles. The number of hydrogen-bond donors (Lipinski definition) is 1. The number of hydrogen-bond acceptors (Lipinski definition) is 5. The fraction of sp³-hybridized carbons (Fsp3) is 0.143. The molecule has 1 saturated heterocycles. The van der Waals surface area contributed by atoms with Gasteiger partial charge in [-0.3, -0.25) is 14.9 Å². The monoisotopic (exact) mass is 627 g/mol. The van der Waals surface area contributed by atoms with Gasteiger partial charge in [0.2, 0.25) is 0 Å². The van der Waals surface area contributed by atoms with Crippen molar-refractivity contribution in [2.45, 2.75) is 13.3 Å². The Kier molecular flexibility index (Phi) is 7.09. The van der Waals surface area contributed by atoms with Gasteiger partial charge in [-0.1, -0.05) is 19.1 Å². The molecule has 1 heterocycles. The number of carbonyl (C=O) groups is 3. The second-order valence-corrected chi connectivity index (χ2v) is 8.56. The van der Waals surface area contributed by atoms with Crippen molar-refractivity contribution in [2.75, 3.05) is 11.5 Å². The standard InChI is InChI=1S/C21H15I2N3O4/c1-2-12-3-5-14(6-4-12)26-20(28)15(19(27)25-21(26)29)9-13-10-16(22)18(17(23)11-13)30-8-7-24/h3-6,9-11H,2,8H2,1H3,(H,25,27,29)/b15-9-. The summed E-state index contributed by atoms with van der Waals surface area (Å²) in [6.07, 6.45) is 2.27. The number of urea groups is 1. The molecule has 9 heteroatoms. The van der Waals surface area contributed by atoms with E-state index in [9.17, 15) is 14.4 Å². The van der Waals surface area contributed by atoms with Gasteiger partial charge in [0, 0.05) is 0 Å². The van der Waals surface area contributed by atoms with E-state index >= 15 is 0 Å². The lowest BCUT2D eigenvalue weighted by molar-refractivity contribution is -0.122. The van der Waals surface area contributed by atoms with Gasteiger partial charge < -0.3 is 4.74 Å². The van der Waals surface area contributed by atoms with E-state index in [1.807, 2.05) is 25.1 Å². The summed E-state index contributed by atoms with van der Waals surface area (Å²) in [5, 5.41) is 10.9. The molecule has 3 rings (SSSR count). The van der Waals surface area contributed by atoms with Gasteiger partial charge in [0.15, 0.2) is 6.61 Å². The molecule has 0 spiro atoms. The summed E-state index contributed by atoms with van der Waals surface area (Å²) in [6, 6.07) is 11.6. The minimum absolute atomic E-state index is 0.0821. The van der Waals surface area contributed by atoms with Crippen LogP contribution in [0, 0.1) is 18.5 Å². The van der Waals surface area contributed by atoms with Crippen molar-refractivity contribution in [3.05, 3.63) is 60.2 Å². The molecule has 1 aliphatic rings. The Bertz CT molecular complexity index is 1080. The number of benzene rings is 2. The van der Waals surface area contributed by atoms with Crippen LogP contribution in [0.15, 0.2) is 42.0 Å². The molecule has 0 aliphatic carbocycles. The first-order valence-corrected chi connectivity index (χ1v) is 11.0. The van der Waals surface area contributed by atoms with Crippen LogP contribution >= 0.6 is 45.2 Å². The van der Waals surface area contributed by atoms with Crippen molar-refractivity contribution >= 4 is 74.8 Å². The molecule has 0 aromatic heterocycles. The molecule has 7 nitrogen and oxygen atoms in total. The minimum atomic E-state index is -0.782. The summed E-state index contributed by atoms with van der Waals surface area (Å²) in [5.41, 5.74) is 1.91. The van der Waals surface area contributed by atoms with Crippen LogP contribution < -0.4 is 15.0 Å². The quantitative estimate of drug-likeness (QED) is 0.307. The average Bonchev–Trinajstić information content (AvgIpc) is 2.71. The number of halogens is 2. The lowest BCUT2D eigenvalue weighted by Crippen LogP contribution is -2.54. The molecule has 152 valence electrons. The highest BCUT2D eigenvalue weighted by atomic mass is 127. The number of rotatable bonds is 5. The fourth-order valence-electron chi connectivity index (χ4n) is 2.84. The maximum absolute atomic E-state index is 13.0. The number of aryl methyl sites for hydroxylation is 1. The fourth-order valence-corrected chi connectivity index (χ4v) is 4.97. The number of carbonyl (C=O) groups excluding carboxylic acids is 3. The summed E-state index contributed by atoms with van der Waals surface area (Å²) in [7, 11) is 0. The van der Waals surface area contributed by atoms with Crippen LogP contribution in [0.5, 0.6) is 5.75 Å². The number of imide groups is 2. The van der Waals surface area contributed by atoms with Gasteiger partial charge in [-0.15, -0.1) is 0 Å². The maximum atomic E-state index is 13.0. The normalized spacial score (nSPS) is 15.2. The molecular formula is C21H15I2N3O4. The number of nitriles is 1. The lowest BCUT2D eigenvalue weighted by Gasteiger charge is -2.26. The predicted octanol–water partition coefficient (Wildman–Crippen LogP) is 4.03. The van der Waals surface area contributed by atoms with Crippen LogP contribution in [0.4, 0.5) is 10.5 Å². The molecule has 0 unspecified atom stereocenters. The van der Waals surface area contributed by atoms with Crippen LogP contribution in [0.25, 0.3) is 6.08 Å². The largest absolute Gasteiger partial charge is 0.477 e. The second kappa shape index (κ2) is 9.57. The van der Waals surface area contributed by atoms with Crippen LogP contribution in [0.3, 0.4) is 0 Å². The van der Waals surface area contributed by atoms with Crippen molar-refractivity contribution in [1.29, 1.82) is 5.26 Å². The van der Waals surface area contributed by atoms with Gasteiger partial charge in [-0.25, -0.2) is 9.69 Å². The smallest absolute Gasteiger partial charge is 0.335 e. The average molecular weight is 627 g/mol. The number of anilines is 1. The van der Waals surface area contributed by atoms with Crippen molar-refractivity contribution in [2.24, 2.45) is 0 Å². The summed E-state index contributed by atoms with van der Waals surface area (Å²) < 4.78 is 6.88. The van der Waals surface area contributed by atoms with E-state index in [0.29, 0.717) is 17.0 Å². The van der Waals surface area contributed by atoms with Gasteiger partial charge in [0.05, 0.1) is 12.8 Å². The molecule has 1 fully saturated rings. The number of barbiturate groups is 1. The van der Waals surface area contributed by atoms with Crippen molar-refractivity contribution < 1.29 is 19.1 Å². The third kappa shape index (κ3) is 4.65. The Morgan fingerprint density at radius 1 is 1.13 bits per heavy atom. The molecule has 0 atom stereocenters. The van der Waals surface area contributed by atoms with Crippen LogP contribution in [0.2, 0.25) is 0 Å². The Morgan fingerprint density at radius 3 is 2.33 bits per heavy atom. The van der Waals surface area contributed by atoms with Gasteiger partial charge in [-0.2, -0.15) is 5.26 Å². The van der Waals surface area contributed by atoms with E-state index in [4.69, 9.17) is 10.00 Å². The molecule has 0 bridgehead atoms. The summed E-state index contributed by atoms with van der Waals surface area (Å²) in [5.74, 6) is -0.879. The molecule has 2 aromatic carbocycles. The first kappa shape index (κ1) is 22.2. The molecule has 4 amide bonds. The minimum Gasteiger partial charge on any atom is -0.477 e. The molecule has 30 heavy (non-hydrogen) atoms. The van der Waals surface area contributed by atoms with Crippen LogP contribution in [-0.4, -0.2) is 24.5 Å². The number of amides is 4. The number of nitrogens with zero attached hydrogens (tertiary/aromatic N) is 2. The number of nitrogens with one attached hydrogen (secondary N) is 1. The van der Waals surface area contributed by atoms with E-state index < -0.39 is 17.8 Å². The van der Waals surface area contributed by atoms with Crippen molar-refractivity contribution in [3.8, 4) is 11.8 Å². The van der Waals surface area contributed by atoms with E-state index in [-0.39, 0.29) is 12.2 Å². The molecule has 1 aliphatic heterocycles. The first-order chi connectivity index (χ1) is 14.3. The van der Waals surface area contributed by atoms with Gasteiger partial charge in [-0.05, 0) is 93.1 Å².